The molecule has 0 radical (unpaired) electrons. The Kier molecular flexibility index (Phi) is 5.86. The van der Waals surface area contributed by atoms with Crippen LogP contribution in [-0.2, 0) is 12.7 Å². The molecular formula is C29H21F3N6O. The normalized spacial score (nSPS) is 11.8. The topological polar surface area (TPSA) is 77.1 Å². The van der Waals surface area contributed by atoms with Gasteiger partial charge in [0.25, 0.3) is 5.91 Å². The minimum absolute atomic E-state index is 0.0942. The van der Waals surface area contributed by atoms with Crippen LogP contribution in [0.4, 0.5) is 19.0 Å². The van der Waals surface area contributed by atoms with Crippen molar-refractivity contribution in [1.82, 2.24) is 24.4 Å². The number of amides is 1. The van der Waals surface area contributed by atoms with Gasteiger partial charge in [0.1, 0.15) is 0 Å². The highest BCUT2D eigenvalue weighted by Crippen LogP contribution is 2.33. The molecule has 39 heavy (non-hydrogen) atoms. The molecule has 0 fully saturated rings. The number of nitrogens with zero attached hydrogens (tertiary/aromatic N) is 5. The molecule has 0 bridgehead atoms. The zero-order chi connectivity index (χ0) is 27.1. The molecule has 6 aromatic rings. The molecule has 0 atom stereocenters. The Labute approximate surface area is 220 Å². The maximum absolute atomic E-state index is 14.0. The highest BCUT2D eigenvalue weighted by atomic mass is 19.4. The van der Waals surface area contributed by atoms with Crippen molar-refractivity contribution < 1.29 is 18.0 Å². The Balaban J connectivity index is 1.31. The smallest absolute Gasteiger partial charge is 0.304 e. The molecule has 1 amide bonds. The number of carbonyl (C=O) groups excluding carboxylic acids is 1. The molecule has 10 heteroatoms. The monoisotopic (exact) mass is 526 g/mol. The second-order valence-electron chi connectivity index (χ2n) is 9.17. The Bertz CT molecular complexity index is 1850. The lowest BCUT2D eigenvalue weighted by Crippen LogP contribution is -2.16. The number of aryl methyl sites for hydroxylation is 1. The number of fused-ring (bicyclic) bond motifs is 2. The first kappa shape index (κ1) is 24.4. The van der Waals surface area contributed by atoms with Crippen molar-refractivity contribution >= 4 is 28.1 Å². The third kappa shape index (κ3) is 4.84. The molecule has 7 nitrogen and oxygen atoms in total. The van der Waals surface area contributed by atoms with Crippen molar-refractivity contribution in [3.8, 4) is 11.3 Å². The molecule has 0 unspecified atom stereocenters. The fourth-order valence-electron chi connectivity index (χ4n) is 4.44. The summed E-state index contributed by atoms with van der Waals surface area (Å²) >= 11 is 0. The summed E-state index contributed by atoms with van der Waals surface area (Å²) in [4.78, 5) is 17.3. The molecule has 3 heterocycles. The molecule has 0 saturated heterocycles. The molecule has 6 rings (SSSR count). The molecular weight excluding hydrogens is 505 g/mol. The largest absolute Gasteiger partial charge is 0.433 e. The van der Waals surface area contributed by atoms with Gasteiger partial charge in [-0.2, -0.15) is 23.4 Å². The first-order valence-corrected chi connectivity index (χ1v) is 12.1. The first-order valence-electron chi connectivity index (χ1n) is 12.1. The van der Waals surface area contributed by atoms with E-state index in [4.69, 9.17) is 0 Å². The van der Waals surface area contributed by atoms with Crippen LogP contribution >= 0.6 is 0 Å². The Morgan fingerprint density at radius 2 is 1.67 bits per heavy atom. The van der Waals surface area contributed by atoms with Gasteiger partial charge in [-0.15, -0.1) is 0 Å². The van der Waals surface area contributed by atoms with Gasteiger partial charge in [0.2, 0.25) is 0 Å². The van der Waals surface area contributed by atoms with Crippen LogP contribution in [0.5, 0.6) is 0 Å². The van der Waals surface area contributed by atoms with E-state index in [0.717, 1.165) is 28.0 Å². The summed E-state index contributed by atoms with van der Waals surface area (Å²) in [6.07, 6.45) is -3.01. The van der Waals surface area contributed by atoms with E-state index in [2.05, 4.69) is 20.5 Å². The third-order valence-corrected chi connectivity index (χ3v) is 6.47. The fourth-order valence-corrected chi connectivity index (χ4v) is 4.44. The molecule has 0 aliphatic rings. The predicted octanol–water partition coefficient (Wildman–Crippen LogP) is 6.37. The quantitative estimate of drug-likeness (QED) is 0.283. The Morgan fingerprint density at radius 3 is 2.46 bits per heavy atom. The zero-order valence-corrected chi connectivity index (χ0v) is 20.6. The summed E-state index contributed by atoms with van der Waals surface area (Å²) in [5.41, 5.74) is 1.50. The van der Waals surface area contributed by atoms with Gasteiger partial charge in [0, 0.05) is 23.9 Å². The maximum atomic E-state index is 14.0. The summed E-state index contributed by atoms with van der Waals surface area (Å²) in [6.45, 7) is 2.51. The molecule has 0 saturated carbocycles. The van der Waals surface area contributed by atoms with Crippen LogP contribution in [-0.4, -0.2) is 30.3 Å². The summed E-state index contributed by atoms with van der Waals surface area (Å²) in [5.74, 6) is -0.437. The third-order valence-electron chi connectivity index (χ3n) is 6.47. The lowest BCUT2D eigenvalue weighted by atomic mass is 10.0. The molecule has 1 N–H and O–H groups in total. The summed E-state index contributed by atoms with van der Waals surface area (Å²) < 4.78 is 44.4. The number of aromatic nitrogens is 5. The van der Waals surface area contributed by atoms with Crippen LogP contribution in [0, 0.1) is 6.92 Å². The van der Waals surface area contributed by atoms with Gasteiger partial charge in [-0.3, -0.25) is 9.48 Å². The molecule has 194 valence electrons. The van der Waals surface area contributed by atoms with Crippen molar-refractivity contribution in [2.24, 2.45) is 0 Å². The van der Waals surface area contributed by atoms with E-state index in [0.29, 0.717) is 16.6 Å². The highest BCUT2D eigenvalue weighted by molar-refractivity contribution is 6.03. The number of alkyl halides is 3. The van der Waals surface area contributed by atoms with Crippen LogP contribution in [0.3, 0.4) is 0 Å². The number of benzene rings is 3. The zero-order valence-electron chi connectivity index (χ0n) is 20.6. The van der Waals surface area contributed by atoms with Crippen LogP contribution in [0.2, 0.25) is 0 Å². The average Bonchev–Trinajstić information content (AvgIpc) is 3.55. The van der Waals surface area contributed by atoms with E-state index < -0.39 is 17.8 Å². The standard InChI is InChI=1S/C29H21F3N6O/c1-18-6-2-3-9-22(18)17-37-13-12-26(36-37)34-28(39)24-16-27-33-23(15-25(29(30,31)32)38(27)35-24)21-11-10-19-7-4-5-8-20(19)14-21/h2-16H,17H2,1H3,(H,34,36,39). The van der Waals surface area contributed by atoms with Crippen molar-refractivity contribution in [3.05, 3.63) is 114 Å². The Morgan fingerprint density at radius 1 is 0.897 bits per heavy atom. The van der Waals surface area contributed by atoms with Gasteiger partial charge in [0.05, 0.1) is 12.2 Å². The SMILES string of the molecule is Cc1ccccc1Cn1ccc(NC(=O)c2cc3nc(-c4ccc5ccccc5c4)cc(C(F)(F)F)n3n2)n1. The van der Waals surface area contributed by atoms with E-state index in [1.54, 1.807) is 29.1 Å². The maximum Gasteiger partial charge on any atom is 0.433 e. The van der Waals surface area contributed by atoms with Crippen molar-refractivity contribution in [1.29, 1.82) is 0 Å². The number of halogens is 3. The number of anilines is 1. The van der Waals surface area contributed by atoms with Crippen LogP contribution < -0.4 is 5.32 Å². The minimum atomic E-state index is -4.72. The van der Waals surface area contributed by atoms with Crippen LogP contribution in [0.25, 0.3) is 27.7 Å². The van der Waals surface area contributed by atoms with E-state index in [1.165, 1.54) is 6.07 Å². The van der Waals surface area contributed by atoms with E-state index in [9.17, 15) is 18.0 Å². The average molecular weight is 527 g/mol. The lowest BCUT2D eigenvalue weighted by Gasteiger charge is -2.11. The van der Waals surface area contributed by atoms with Gasteiger partial charge in [-0.1, -0.05) is 60.7 Å². The van der Waals surface area contributed by atoms with Gasteiger partial charge in [-0.25, -0.2) is 9.50 Å². The lowest BCUT2D eigenvalue weighted by molar-refractivity contribution is -0.142. The minimum Gasteiger partial charge on any atom is -0.304 e. The number of carbonyl (C=O) groups is 1. The number of rotatable bonds is 5. The molecule has 3 aromatic carbocycles. The van der Waals surface area contributed by atoms with Gasteiger partial charge in [0.15, 0.2) is 22.9 Å². The van der Waals surface area contributed by atoms with Crippen molar-refractivity contribution in [2.75, 3.05) is 5.32 Å². The summed E-state index contributed by atoms with van der Waals surface area (Å²) in [5, 5.41) is 12.7. The molecule has 0 aliphatic carbocycles. The summed E-state index contributed by atoms with van der Waals surface area (Å²) in [7, 11) is 0. The predicted molar refractivity (Wildman–Crippen MR) is 141 cm³/mol. The Hall–Kier alpha value is -4.99. The van der Waals surface area contributed by atoms with Crippen LogP contribution in [0.15, 0.2) is 91.1 Å². The molecule has 0 spiro atoms. The van der Waals surface area contributed by atoms with E-state index in [-0.39, 0.29) is 22.9 Å². The highest BCUT2D eigenvalue weighted by Gasteiger charge is 2.35. The van der Waals surface area contributed by atoms with Crippen molar-refractivity contribution in [2.45, 2.75) is 19.6 Å². The fraction of sp³-hybridized carbons (Fsp3) is 0.103. The van der Waals surface area contributed by atoms with Gasteiger partial charge in [-0.05, 0) is 41.0 Å². The number of nitrogens with one attached hydrogen (secondary N) is 1. The van der Waals surface area contributed by atoms with Gasteiger partial charge < -0.3 is 5.32 Å². The van der Waals surface area contributed by atoms with Crippen molar-refractivity contribution in [3.63, 3.8) is 0 Å². The first-order chi connectivity index (χ1) is 18.7. The van der Waals surface area contributed by atoms with Gasteiger partial charge >= 0.3 is 6.18 Å². The molecule has 0 aliphatic heterocycles. The number of hydrogen-bond donors (Lipinski definition) is 1. The number of hydrogen-bond acceptors (Lipinski definition) is 4. The second-order valence-corrected chi connectivity index (χ2v) is 9.17. The second kappa shape index (κ2) is 9.39. The van der Waals surface area contributed by atoms with E-state index in [1.807, 2.05) is 61.5 Å². The van der Waals surface area contributed by atoms with Crippen LogP contribution in [0.1, 0.15) is 27.3 Å². The van der Waals surface area contributed by atoms with E-state index >= 15 is 0 Å². The summed E-state index contributed by atoms with van der Waals surface area (Å²) in [6, 6.07) is 24.6. The molecule has 3 aromatic heterocycles.